The molecule has 0 saturated heterocycles. The molecule has 0 aliphatic heterocycles. The first-order valence-electron chi connectivity index (χ1n) is 6.51. The van der Waals surface area contributed by atoms with Crippen LogP contribution in [-0.2, 0) is 0 Å². The van der Waals surface area contributed by atoms with Crippen LogP contribution in [0.3, 0.4) is 0 Å². The Labute approximate surface area is 105 Å². The van der Waals surface area contributed by atoms with Gasteiger partial charge in [0.05, 0.1) is 6.04 Å². The molecule has 1 nitrogen and oxygen atoms in total. The molecule has 2 rings (SSSR count). The number of hydrogen-bond acceptors (Lipinski definition) is 1. The molecule has 1 fully saturated rings. The van der Waals surface area contributed by atoms with Crippen molar-refractivity contribution >= 4 is 0 Å². The van der Waals surface area contributed by atoms with Gasteiger partial charge in [0.1, 0.15) is 0 Å². The van der Waals surface area contributed by atoms with Crippen molar-refractivity contribution in [2.24, 2.45) is 0 Å². The smallest absolute Gasteiger partial charge is 0.0686 e. The van der Waals surface area contributed by atoms with Crippen molar-refractivity contribution in [2.45, 2.75) is 51.1 Å². The number of terminal acetylenes is 1. The Kier molecular flexibility index (Phi) is 3.86. The molecule has 1 saturated carbocycles. The van der Waals surface area contributed by atoms with E-state index in [9.17, 15) is 0 Å². The van der Waals surface area contributed by atoms with E-state index in [1.807, 2.05) is 0 Å². The van der Waals surface area contributed by atoms with Gasteiger partial charge in [-0.05, 0) is 37.7 Å². The molecule has 1 heteroatoms. The lowest BCUT2D eigenvalue weighted by Gasteiger charge is -2.37. The van der Waals surface area contributed by atoms with E-state index in [1.54, 1.807) is 0 Å². The number of rotatable bonds is 4. The van der Waals surface area contributed by atoms with E-state index in [0.717, 1.165) is 12.3 Å². The quantitative estimate of drug-likeness (QED) is 0.779. The van der Waals surface area contributed by atoms with E-state index in [0.29, 0.717) is 6.04 Å². The average Bonchev–Trinajstić information content (AvgIpc) is 2.30. The lowest BCUT2D eigenvalue weighted by molar-refractivity contribution is 0.278. The zero-order chi connectivity index (χ0) is 12.3. The summed E-state index contributed by atoms with van der Waals surface area (Å²) in [6, 6.07) is 9.78. The van der Waals surface area contributed by atoms with Crippen LogP contribution in [0.4, 0.5) is 0 Å². The van der Waals surface area contributed by atoms with E-state index in [1.165, 1.54) is 24.0 Å². The first kappa shape index (κ1) is 12.2. The highest BCUT2D eigenvalue weighted by molar-refractivity contribution is 5.27. The molecule has 1 unspecified atom stereocenters. The molecule has 90 valence electrons. The average molecular weight is 227 g/mol. The van der Waals surface area contributed by atoms with Crippen molar-refractivity contribution in [3.05, 3.63) is 35.4 Å². The van der Waals surface area contributed by atoms with Crippen molar-refractivity contribution in [3.8, 4) is 12.3 Å². The fourth-order valence-corrected chi connectivity index (χ4v) is 2.43. The van der Waals surface area contributed by atoms with Crippen LogP contribution in [0.25, 0.3) is 0 Å². The van der Waals surface area contributed by atoms with Crippen LogP contribution < -0.4 is 5.32 Å². The summed E-state index contributed by atoms with van der Waals surface area (Å²) < 4.78 is 0. The molecule has 1 aliphatic carbocycles. The molecule has 0 heterocycles. The maximum atomic E-state index is 5.46. The Hall–Kier alpha value is -1.26. The van der Waals surface area contributed by atoms with Crippen LogP contribution in [-0.4, -0.2) is 12.1 Å². The van der Waals surface area contributed by atoms with Crippen molar-refractivity contribution in [1.29, 1.82) is 0 Å². The van der Waals surface area contributed by atoms with E-state index < -0.39 is 0 Å². The number of aryl methyl sites for hydroxylation is 1. The minimum absolute atomic E-state index is 0.249. The molecular weight excluding hydrogens is 206 g/mol. The van der Waals surface area contributed by atoms with Gasteiger partial charge in [0.2, 0.25) is 0 Å². The van der Waals surface area contributed by atoms with Crippen molar-refractivity contribution in [3.63, 3.8) is 0 Å². The van der Waals surface area contributed by atoms with Crippen LogP contribution in [0.1, 0.15) is 43.2 Å². The first-order valence-corrected chi connectivity index (χ1v) is 6.51. The van der Waals surface area contributed by atoms with Crippen molar-refractivity contribution < 1.29 is 0 Å². The van der Waals surface area contributed by atoms with Crippen molar-refractivity contribution in [1.82, 2.24) is 5.32 Å². The summed E-state index contributed by atoms with van der Waals surface area (Å²) in [6.45, 7) is 4.27. The third kappa shape index (κ3) is 2.90. The molecule has 1 N–H and O–H groups in total. The maximum absolute atomic E-state index is 5.46. The van der Waals surface area contributed by atoms with Gasteiger partial charge in [-0.3, -0.25) is 0 Å². The first-order chi connectivity index (χ1) is 8.22. The third-order valence-electron chi connectivity index (χ3n) is 3.73. The third-order valence-corrected chi connectivity index (χ3v) is 3.73. The SMILES string of the molecule is C#CC(CC)NC1CC(c2ccc(C)cc2)C1. The number of benzene rings is 1. The molecule has 1 aromatic rings. The highest BCUT2D eigenvalue weighted by Gasteiger charge is 2.30. The van der Waals surface area contributed by atoms with E-state index in [4.69, 9.17) is 6.42 Å². The molecule has 0 spiro atoms. The lowest BCUT2D eigenvalue weighted by atomic mass is 9.75. The largest absolute Gasteiger partial charge is 0.301 e. The second-order valence-electron chi connectivity index (χ2n) is 5.07. The summed E-state index contributed by atoms with van der Waals surface area (Å²) in [5.74, 6) is 3.53. The molecule has 1 atom stereocenters. The van der Waals surface area contributed by atoms with Crippen LogP contribution in [0.15, 0.2) is 24.3 Å². The highest BCUT2D eigenvalue weighted by atomic mass is 15.0. The van der Waals surface area contributed by atoms with Crippen LogP contribution in [0.5, 0.6) is 0 Å². The second-order valence-corrected chi connectivity index (χ2v) is 5.07. The summed E-state index contributed by atoms with van der Waals surface area (Å²) in [7, 11) is 0. The second kappa shape index (κ2) is 5.38. The fourth-order valence-electron chi connectivity index (χ4n) is 2.43. The number of hydrogen-bond donors (Lipinski definition) is 1. The van der Waals surface area contributed by atoms with Gasteiger partial charge >= 0.3 is 0 Å². The topological polar surface area (TPSA) is 12.0 Å². The zero-order valence-electron chi connectivity index (χ0n) is 10.7. The molecule has 0 radical (unpaired) electrons. The number of nitrogens with one attached hydrogen (secondary N) is 1. The minimum Gasteiger partial charge on any atom is -0.301 e. The standard InChI is InChI=1S/C16H21N/c1-4-15(5-2)17-16-10-14(11-16)13-8-6-12(3)7-9-13/h1,6-9,14-17H,5,10-11H2,2-3H3. The van der Waals surface area contributed by atoms with Gasteiger partial charge in [-0.15, -0.1) is 6.42 Å². The van der Waals surface area contributed by atoms with Gasteiger partial charge in [0, 0.05) is 6.04 Å². The molecule has 17 heavy (non-hydrogen) atoms. The Morgan fingerprint density at radius 3 is 2.53 bits per heavy atom. The normalized spacial score (nSPS) is 24.8. The molecule has 1 aromatic carbocycles. The van der Waals surface area contributed by atoms with Gasteiger partial charge in [-0.2, -0.15) is 0 Å². The van der Waals surface area contributed by atoms with Gasteiger partial charge in [0.15, 0.2) is 0 Å². The summed E-state index contributed by atoms with van der Waals surface area (Å²) in [6.07, 6.45) is 8.92. The van der Waals surface area contributed by atoms with Gasteiger partial charge in [-0.25, -0.2) is 0 Å². The van der Waals surface area contributed by atoms with Gasteiger partial charge in [-0.1, -0.05) is 42.7 Å². The van der Waals surface area contributed by atoms with Crippen LogP contribution in [0.2, 0.25) is 0 Å². The van der Waals surface area contributed by atoms with Gasteiger partial charge < -0.3 is 5.32 Å². The predicted molar refractivity (Wildman–Crippen MR) is 73.0 cm³/mol. The fraction of sp³-hybridized carbons (Fsp3) is 0.500. The Morgan fingerprint density at radius 1 is 1.35 bits per heavy atom. The van der Waals surface area contributed by atoms with E-state index in [2.05, 4.69) is 49.4 Å². The highest BCUT2D eigenvalue weighted by Crippen LogP contribution is 2.37. The molecular formula is C16H21N. The molecule has 0 aromatic heterocycles. The summed E-state index contributed by atoms with van der Waals surface area (Å²) in [5, 5.41) is 3.53. The maximum Gasteiger partial charge on any atom is 0.0686 e. The summed E-state index contributed by atoms with van der Waals surface area (Å²) >= 11 is 0. The van der Waals surface area contributed by atoms with E-state index >= 15 is 0 Å². The van der Waals surface area contributed by atoms with E-state index in [-0.39, 0.29) is 6.04 Å². The van der Waals surface area contributed by atoms with Crippen LogP contribution >= 0.6 is 0 Å². The Bertz CT molecular complexity index is 393. The molecule has 0 bridgehead atoms. The molecule has 0 amide bonds. The lowest BCUT2D eigenvalue weighted by Crippen LogP contribution is -2.44. The summed E-state index contributed by atoms with van der Waals surface area (Å²) in [4.78, 5) is 0. The minimum atomic E-state index is 0.249. The van der Waals surface area contributed by atoms with Crippen LogP contribution in [0, 0.1) is 19.3 Å². The Balaban J connectivity index is 1.83. The predicted octanol–water partition coefficient (Wildman–Crippen LogP) is 3.24. The monoisotopic (exact) mass is 227 g/mol. The zero-order valence-corrected chi connectivity index (χ0v) is 10.7. The molecule has 1 aliphatic rings. The summed E-state index contributed by atoms with van der Waals surface area (Å²) in [5.41, 5.74) is 2.81. The Morgan fingerprint density at radius 2 is 2.00 bits per heavy atom. The van der Waals surface area contributed by atoms with Crippen molar-refractivity contribution in [2.75, 3.05) is 0 Å². The van der Waals surface area contributed by atoms with Gasteiger partial charge in [0.25, 0.3) is 0 Å².